The first-order valence-electron chi connectivity index (χ1n) is 7.11. The Balaban J connectivity index is 2.37. The number of benzene rings is 1. The maximum atomic E-state index is 13.5. The highest BCUT2D eigenvalue weighted by Crippen LogP contribution is 2.28. The minimum Gasteiger partial charge on any atom is -0.310 e. The van der Waals surface area contributed by atoms with Gasteiger partial charge in [0.15, 0.2) is 0 Å². The highest BCUT2D eigenvalue weighted by Gasteiger charge is 2.21. The summed E-state index contributed by atoms with van der Waals surface area (Å²) >= 11 is 6.20. The monoisotopic (exact) mass is 309 g/mol. The highest BCUT2D eigenvalue weighted by atomic mass is 35.5. The third-order valence-corrected chi connectivity index (χ3v) is 4.16. The molecule has 1 atom stereocenters. The highest BCUT2D eigenvalue weighted by molar-refractivity contribution is 6.31. The molecule has 0 saturated heterocycles. The second kappa shape index (κ2) is 6.58. The normalized spacial score (nSPS) is 12.7. The van der Waals surface area contributed by atoms with Crippen molar-refractivity contribution in [2.75, 3.05) is 6.54 Å². The van der Waals surface area contributed by atoms with Crippen LogP contribution in [0.4, 0.5) is 4.39 Å². The summed E-state index contributed by atoms with van der Waals surface area (Å²) in [5.41, 5.74) is 4.09. The zero-order valence-corrected chi connectivity index (χ0v) is 13.6. The largest absolute Gasteiger partial charge is 0.310 e. The van der Waals surface area contributed by atoms with Crippen molar-refractivity contribution in [3.63, 3.8) is 0 Å². The van der Waals surface area contributed by atoms with Crippen molar-refractivity contribution in [3.05, 3.63) is 51.6 Å². The lowest BCUT2D eigenvalue weighted by Crippen LogP contribution is -2.24. The third-order valence-electron chi connectivity index (χ3n) is 3.80. The summed E-state index contributed by atoms with van der Waals surface area (Å²) in [6, 6.07) is 4.57. The number of aromatic nitrogens is 2. The van der Waals surface area contributed by atoms with Crippen LogP contribution in [0.3, 0.4) is 0 Å². The fourth-order valence-corrected chi connectivity index (χ4v) is 2.93. The third kappa shape index (κ3) is 3.44. The number of nitrogens with zero attached hydrogens (tertiary/aromatic N) is 2. The van der Waals surface area contributed by atoms with Crippen LogP contribution in [0.25, 0.3) is 0 Å². The summed E-state index contributed by atoms with van der Waals surface area (Å²) in [6.07, 6.45) is 0.637. The Hall–Kier alpha value is -1.39. The molecule has 0 aliphatic rings. The Labute approximate surface area is 130 Å². The molecular formula is C16H21ClFN3. The molecular weight excluding hydrogens is 289 g/mol. The zero-order valence-electron chi connectivity index (χ0n) is 12.9. The number of rotatable bonds is 5. The van der Waals surface area contributed by atoms with Crippen molar-refractivity contribution in [2.45, 2.75) is 33.2 Å². The second-order valence-corrected chi connectivity index (χ2v) is 5.67. The maximum Gasteiger partial charge on any atom is 0.123 e. The van der Waals surface area contributed by atoms with Crippen molar-refractivity contribution in [2.24, 2.45) is 7.05 Å². The van der Waals surface area contributed by atoms with Crippen LogP contribution >= 0.6 is 11.6 Å². The Kier molecular flexibility index (Phi) is 5.01. The molecule has 2 rings (SSSR count). The SMILES string of the molecule is CCNC(Cc1cc(F)ccc1Cl)c1c(C)nn(C)c1C. The van der Waals surface area contributed by atoms with Crippen LogP contribution in [0.5, 0.6) is 0 Å². The number of halogens is 2. The van der Waals surface area contributed by atoms with Crippen molar-refractivity contribution in [1.82, 2.24) is 15.1 Å². The van der Waals surface area contributed by atoms with E-state index in [1.54, 1.807) is 6.07 Å². The van der Waals surface area contributed by atoms with Gasteiger partial charge in [0.2, 0.25) is 0 Å². The summed E-state index contributed by atoms with van der Waals surface area (Å²) in [5.74, 6) is -0.260. The van der Waals surface area contributed by atoms with Crippen LogP contribution in [0.2, 0.25) is 5.02 Å². The molecule has 0 aliphatic heterocycles. The van der Waals surface area contributed by atoms with E-state index >= 15 is 0 Å². The van der Waals surface area contributed by atoms with Gasteiger partial charge in [-0.15, -0.1) is 0 Å². The Morgan fingerprint density at radius 1 is 1.38 bits per heavy atom. The minimum absolute atomic E-state index is 0.0722. The summed E-state index contributed by atoms with van der Waals surface area (Å²) in [7, 11) is 1.93. The van der Waals surface area contributed by atoms with Crippen LogP contribution < -0.4 is 5.32 Å². The van der Waals surface area contributed by atoms with Crippen molar-refractivity contribution in [1.29, 1.82) is 0 Å². The van der Waals surface area contributed by atoms with E-state index in [-0.39, 0.29) is 11.9 Å². The van der Waals surface area contributed by atoms with Crippen LogP contribution in [0.1, 0.15) is 35.5 Å². The molecule has 21 heavy (non-hydrogen) atoms. The van der Waals surface area contributed by atoms with Crippen LogP contribution in [-0.2, 0) is 13.5 Å². The summed E-state index contributed by atoms with van der Waals surface area (Å²) < 4.78 is 15.3. The summed E-state index contributed by atoms with van der Waals surface area (Å²) in [5, 5.41) is 8.52. The lowest BCUT2D eigenvalue weighted by molar-refractivity contribution is 0.541. The van der Waals surface area contributed by atoms with Gasteiger partial charge >= 0.3 is 0 Å². The Morgan fingerprint density at radius 2 is 2.10 bits per heavy atom. The molecule has 0 amide bonds. The number of hydrogen-bond acceptors (Lipinski definition) is 2. The molecule has 0 bridgehead atoms. The zero-order chi connectivity index (χ0) is 15.6. The quantitative estimate of drug-likeness (QED) is 0.912. The molecule has 1 heterocycles. The summed E-state index contributed by atoms with van der Waals surface area (Å²) in [4.78, 5) is 0. The fourth-order valence-electron chi connectivity index (χ4n) is 2.74. The fraction of sp³-hybridized carbons (Fsp3) is 0.438. The lowest BCUT2D eigenvalue weighted by atomic mass is 9.97. The standard InChI is InChI=1S/C16H21ClFN3/c1-5-19-15(16-10(2)20-21(4)11(16)3)9-12-8-13(18)6-7-14(12)17/h6-8,15,19H,5,9H2,1-4H3. The van der Waals surface area contributed by atoms with Gasteiger partial charge in [0.25, 0.3) is 0 Å². The van der Waals surface area contributed by atoms with E-state index in [9.17, 15) is 4.39 Å². The van der Waals surface area contributed by atoms with Gasteiger partial charge in [-0.05, 0) is 50.6 Å². The van der Waals surface area contributed by atoms with Gasteiger partial charge in [0, 0.05) is 29.4 Å². The lowest BCUT2D eigenvalue weighted by Gasteiger charge is -2.19. The van der Waals surface area contributed by atoms with E-state index in [0.717, 1.165) is 23.5 Å². The average Bonchev–Trinajstić information content (AvgIpc) is 2.67. The Morgan fingerprint density at radius 3 is 2.67 bits per heavy atom. The average molecular weight is 310 g/mol. The molecule has 1 aromatic heterocycles. The van der Waals surface area contributed by atoms with E-state index in [1.807, 2.05) is 25.6 Å². The van der Waals surface area contributed by atoms with Crippen molar-refractivity contribution < 1.29 is 4.39 Å². The summed E-state index contributed by atoms with van der Waals surface area (Å²) in [6.45, 7) is 6.93. The molecule has 1 aromatic carbocycles. The first-order chi connectivity index (χ1) is 9.93. The van der Waals surface area contributed by atoms with E-state index < -0.39 is 0 Å². The number of hydrogen-bond donors (Lipinski definition) is 1. The van der Waals surface area contributed by atoms with E-state index in [2.05, 4.69) is 17.3 Å². The van der Waals surface area contributed by atoms with Gasteiger partial charge in [0.05, 0.1) is 5.69 Å². The molecule has 2 aromatic rings. The number of likely N-dealkylation sites (N-methyl/N-ethyl adjacent to an activating group) is 1. The van der Waals surface area contributed by atoms with Gasteiger partial charge in [-0.3, -0.25) is 4.68 Å². The van der Waals surface area contributed by atoms with Crippen LogP contribution in [-0.4, -0.2) is 16.3 Å². The maximum absolute atomic E-state index is 13.5. The number of nitrogens with one attached hydrogen (secondary N) is 1. The van der Waals surface area contributed by atoms with Gasteiger partial charge in [0.1, 0.15) is 5.82 Å². The minimum atomic E-state index is -0.260. The smallest absolute Gasteiger partial charge is 0.123 e. The Bertz CT molecular complexity index is 637. The van der Waals surface area contributed by atoms with Crippen LogP contribution in [0, 0.1) is 19.7 Å². The molecule has 0 saturated carbocycles. The second-order valence-electron chi connectivity index (χ2n) is 5.26. The van der Waals surface area contributed by atoms with E-state index in [0.29, 0.717) is 11.4 Å². The van der Waals surface area contributed by atoms with Crippen molar-refractivity contribution >= 4 is 11.6 Å². The first kappa shape index (κ1) is 16.0. The van der Waals surface area contributed by atoms with Gasteiger partial charge in [-0.2, -0.15) is 5.10 Å². The van der Waals surface area contributed by atoms with Gasteiger partial charge in [-0.1, -0.05) is 18.5 Å². The molecule has 1 N–H and O–H groups in total. The molecule has 0 aliphatic carbocycles. The van der Waals surface area contributed by atoms with Gasteiger partial charge < -0.3 is 5.32 Å². The number of aryl methyl sites for hydroxylation is 2. The topological polar surface area (TPSA) is 29.9 Å². The predicted molar refractivity (Wildman–Crippen MR) is 84.2 cm³/mol. The van der Waals surface area contributed by atoms with E-state index in [1.165, 1.54) is 17.7 Å². The molecule has 0 spiro atoms. The molecule has 1 unspecified atom stereocenters. The predicted octanol–water partition coefficient (Wildman–Crippen LogP) is 3.72. The molecule has 0 radical (unpaired) electrons. The molecule has 3 nitrogen and oxygen atoms in total. The van der Waals surface area contributed by atoms with Gasteiger partial charge in [-0.25, -0.2) is 4.39 Å². The van der Waals surface area contributed by atoms with Crippen molar-refractivity contribution in [3.8, 4) is 0 Å². The molecule has 5 heteroatoms. The van der Waals surface area contributed by atoms with E-state index in [4.69, 9.17) is 11.6 Å². The first-order valence-corrected chi connectivity index (χ1v) is 7.49. The van der Waals surface area contributed by atoms with Crippen LogP contribution in [0.15, 0.2) is 18.2 Å². The molecule has 0 fully saturated rings. The molecule has 114 valence electrons.